The first-order chi connectivity index (χ1) is 19.9. The second kappa shape index (κ2) is 10.8. The predicted octanol–water partition coefficient (Wildman–Crippen LogP) is 4.46. The molecule has 10 heteroatoms. The van der Waals surface area contributed by atoms with Crippen LogP contribution < -0.4 is 11.0 Å². The number of hydrogen-bond acceptors (Lipinski definition) is 6. The molecule has 2 aromatic heterocycles. The first kappa shape index (κ1) is 26.7. The van der Waals surface area contributed by atoms with Crippen LogP contribution in [-0.4, -0.2) is 36.6 Å². The molecule has 4 aromatic rings. The number of ketones is 1. The van der Waals surface area contributed by atoms with Gasteiger partial charge in [0.05, 0.1) is 17.8 Å². The molecule has 3 heterocycles. The topological polar surface area (TPSA) is 111 Å². The SMILES string of the molecule is CCCc1c(Cc2ccc(-c3ccccc3)c(C3=NNC(=O)C3)c2F)c(=O)n(C2CCC(=O)CC2)c2nc(C)nn12. The van der Waals surface area contributed by atoms with Gasteiger partial charge in [0.2, 0.25) is 11.7 Å². The normalized spacial score (nSPS) is 15.9. The van der Waals surface area contributed by atoms with Gasteiger partial charge in [-0.25, -0.2) is 14.3 Å². The van der Waals surface area contributed by atoms with E-state index in [1.165, 1.54) is 0 Å². The molecule has 210 valence electrons. The van der Waals surface area contributed by atoms with E-state index in [4.69, 9.17) is 0 Å². The fraction of sp³-hybridized carbons (Fsp3) is 0.355. The molecule has 0 saturated heterocycles. The molecule has 0 unspecified atom stereocenters. The van der Waals surface area contributed by atoms with Crippen LogP contribution in [0, 0.1) is 12.7 Å². The summed E-state index contributed by atoms with van der Waals surface area (Å²) >= 11 is 0. The van der Waals surface area contributed by atoms with E-state index in [9.17, 15) is 14.4 Å². The van der Waals surface area contributed by atoms with Crippen molar-refractivity contribution in [3.05, 3.63) is 86.8 Å². The number of Topliss-reactive ketones (excluding diaryl/α,β-unsaturated/α-hetero) is 1. The first-order valence-electron chi connectivity index (χ1n) is 14.1. The molecule has 0 bridgehead atoms. The van der Waals surface area contributed by atoms with Gasteiger partial charge in [0, 0.05) is 36.4 Å². The van der Waals surface area contributed by atoms with Crippen molar-refractivity contribution in [3.8, 4) is 11.1 Å². The van der Waals surface area contributed by atoms with Gasteiger partial charge in [-0.15, -0.1) is 0 Å². The molecule has 2 aromatic carbocycles. The van der Waals surface area contributed by atoms with Gasteiger partial charge in [0.25, 0.3) is 5.56 Å². The minimum absolute atomic E-state index is 0.0291. The highest BCUT2D eigenvalue weighted by molar-refractivity contribution is 6.16. The van der Waals surface area contributed by atoms with Crippen LogP contribution in [-0.2, 0) is 22.4 Å². The number of halogens is 1. The maximum Gasteiger partial charge on any atom is 0.259 e. The summed E-state index contributed by atoms with van der Waals surface area (Å²) < 4.78 is 19.9. The smallest absolute Gasteiger partial charge is 0.259 e. The third-order valence-corrected chi connectivity index (χ3v) is 7.96. The zero-order chi connectivity index (χ0) is 28.7. The van der Waals surface area contributed by atoms with Gasteiger partial charge < -0.3 is 0 Å². The Labute approximate surface area is 236 Å². The lowest BCUT2D eigenvalue weighted by molar-refractivity contribution is -0.121. The van der Waals surface area contributed by atoms with Crippen molar-refractivity contribution in [2.45, 2.75) is 71.3 Å². The van der Waals surface area contributed by atoms with Gasteiger partial charge in [-0.05, 0) is 42.9 Å². The summed E-state index contributed by atoms with van der Waals surface area (Å²) in [4.78, 5) is 42.8. The molecule has 0 radical (unpaired) electrons. The summed E-state index contributed by atoms with van der Waals surface area (Å²) in [5.41, 5.74) is 5.72. The number of rotatable bonds is 7. The molecule has 9 nitrogen and oxygen atoms in total. The van der Waals surface area contributed by atoms with E-state index >= 15 is 4.39 Å². The Morgan fingerprint density at radius 3 is 2.49 bits per heavy atom. The number of amides is 1. The van der Waals surface area contributed by atoms with E-state index in [2.05, 4.69) is 20.6 Å². The Morgan fingerprint density at radius 1 is 1.05 bits per heavy atom. The van der Waals surface area contributed by atoms with E-state index in [1.807, 2.05) is 43.3 Å². The number of benzene rings is 2. The van der Waals surface area contributed by atoms with Crippen LogP contribution in [0.1, 0.15) is 79.7 Å². The van der Waals surface area contributed by atoms with E-state index < -0.39 is 5.82 Å². The summed E-state index contributed by atoms with van der Waals surface area (Å²) in [5, 5.41) is 8.76. The van der Waals surface area contributed by atoms with E-state index in [-0.39, 0.29) is 41.7 Å². The zero-order valence-corrected chi connectivity index (χ0v) is 23.1. The second-order valence-corrected chi connectivity index (χ2v) is 10.8. The highest BCUT2D eigenvalue weighted by Crippen LogP contribution is 2.32. The summed E-state index contributed by atoms with van der Waals surface area (Å²) in [7, 11) is 0. The molecular formula is C31H31FN6O3. The van der Waals surface area contributed by atoms with Crippen molar-refractivity contribution in [1.29, 1.82) is 0 Å². The van der Waals surface area contributed by atoms with Crippen molar-refractivity contribution < 1.29 is 14.0 Å². The Morgan fingerprint density at radius 2 is 1.80 bits per heavy atom. The molecule has 0 atom stereocenters. The summed E-state index contributed by atoms with van der Waals surface area (Å²) in [6, 6.07) is 12.8. The van der Waals surface area contributed by atoms with Gasteiger partial charge in [-0.2, -0.15) is 15.2 Å². The highest BCUT2D eigenvalue weighted by atomic mass is 19.1. The van der Waals surface area contributed by atoms with Crippen LogP contribution in [0.15, 0.2) is 52.4 Å². The van der Waals surface area contributed by atoms with E-state index in [0.29, 0.717) is 71.8 Å². The molecule has 6 rings (SSSR count). The fourth-order valence-corrected chi connectivity index (χ4v) is 6.00. The number of nitrogens with one attached hydrogen (secondary N) is 1. The van der Waals surface area contributed by atoms with Crippen LogP contribution in [0.25, 0.3) is 16.9 Å². The number of carbonyl (C=O) groups excluding carboxylic acids is 2. The number of fused-ring (bicyclic) bond motifs is 1. The van der Waals surface area contributed by atoms with Crippen LogP contribution in [0.5, 0.6) is 0 Å². The molecule has 1 aliphatic carbocycles. The van der Waals surface area contributed by atoms with E-state index in [0.717, 1.165) is 12.0 Å². The monoisotopic (exact) mass is 554 g/mol. The Bertz CT molecular complexity index is 1760. The lowest BCUT2D eigenvalue weighted by Gasteiger charge is -2.25. The first-order valence-corrected chi connectivity index (χ1v) is 14.1. The summed E-state index contributed by atoms with van der Waals surface area (Å²) in [6.45, 7) is 3.81. The third kappa shape index (κ3) is 4.87. The van der Waals surface area contributed by atoms with Crippen LogP contribution in [0.3, 0.4) is 0 Å². The van der Waals surface area contributed by atoms with Gasteiger partial charge in [-0.1, -0.05) is 55.8 Å². The van der Waals surface area contributed by atoms with E-state index in [1.54, 1.807) is 22.1 Å². The minimum Gasteiger partial charge on any atom is -0.300 e. The Hall–Kier alpha value is -4.47. The lowest BCUT2D eigenvalue weighted by Crippen LogP contribution is -2.34. The number of nitrogens with zero attached hydrogens (tertiary/aromatic N) is 5. The average molecular weight is 555 g/mol. The zero-order valence-electron chi connectivity index (χ0n) is 23.1. The van der Waals surface area contributed by atoms with Crippen LogP contribution >= 0.6 is 0 Å². The summed E-state index contributed by atoms with van der Waals surface area (Å²) in [5.74, 6) is 0.394. The Kier molecular flexibility index (Phi) is 7.07. The lowest BCUT2D eigenvalue weighted by atomic mass is 9.90. The van der Waals surface area contributed by atoms with Crippen molar-refractivity contribution in [2.75, 3.05) is 0 Å². The van der Waals surface area contributed by atoms with Crippen LogP contribution in [0.2, 0.25) is 0 Å². The molecule has 1 aliphatic heterocycles. The van der Waals surface area contributed by atoms with Gasteiger partial charge in [0.15, 0.2) is 0 Å². The quantitative estimate of drug-likeness (QED) is 0.363. The van der Waals surface area contributed by atoms with Crippen molar-refractivity contribution in [3.63, 3.8) is 0 Å². The number of aryl methyl sites for hydroxylation is 2. The third-order valence-electron chi connectivity index (χ3n) is 7.96. The molecule has 0 spiro atoms. The standard InChI is InChI=1S/C31H31FN6O3/c1-3-7-26-24(30(41)37(21-11-13-22(39)14-12-21)31-33-18(2)36-38(26)31)16-20-10-15-23(19-8-5-4-6-9-19)28(29(20)32)25-17-27(40)35-34-25/h4-6,8-10,15,21H,3,7,11-14,16-17H2,1-2H3,(H,35,40). The molecule has 2 aliphatic rings. The molecule has 1 amide bonds. The number of hydrazone groups is 1. The van der Waals surface area contributed by atoms with Crippen molar-refractivity contribution in [2.24, 2.45) is 5.10 Å². The molecular weight excluding hydrogens is 523 g/mol. The maximum absolute atomic E-state index is 16.5. The number of hydrogen-bond donors (Lipinski definition) is 1. The number of aromatic nitrogens is 4. The molecule has 1 saturated carbocycles. The van der Waals surface area contributed by atoms with Gasteiger partial charge in [-0.3, -0.25) is 19.0 Å². The predicted molar refractivity (Wildman–Crippen MR) is 152 cm³/mol. The minimum atomic E-state index is -0.506. The largest absolute Gasteiger partial charge is 0.300 e. The highest BCUT2D eigenvalue weighted by Gasteiger charge is 2.29. The van der Waals surface area contributed by atoms with Crippen LogP contribution in [0.4, 0.5) is 4.39 Å². The van der Waals surface area contributed by atoms with Gasteiger partial charge >= 0.3 is 0 Å². The van der Waals surface area contributed by atoms with Crippen molar-refractivity contribution in [1.82, 2.24) is 24.6 Å². The van der Waals surface area contributed by atoms with Crippen molar-refractivity contribution >= 4 is 23.2 Å². The molecule has 41 heavy (non-hydrogen) atoms. The molecule has 1 N–H and O–H groups in total. The Balaban J connectivity index is 1.53. The average Bonchev–Trinajstić information content (AvgIpc) is 3.57. The molecule has 1 fully saturated rings. The maximum atomic E-state index is 16.5. The summed E-state index contributed by atoms with van der Waals surface area (Å²) in [6.07, 6.45) is 3.27. The van der Waals surface area contributed by atoms with Gasteiger partial charge in [0.1, 0.15) is 17.4 Å². The second-order valence-electron chi connectivity index (χ2n) is 10.8. The fourth-order valence-electron chi connectivity index (χ4n) is 6.00. The number of carbonyl (C=O) groups is 2.